The molecule has 138 valence electrons. The van der Waals surface area contributed by atoms with Crippen LogP contribution in [0.25, 0.3) is 11.2 Å². The molecule has 0 unspecified atom stereocenters. The van der Waals surface area contributed by atoms with Crippen LogP contribution >= 0.6 is 0 Å². The van der Waals surface area contributed by atoms with Crippen LogP contribution in [0.3, 0.4) is 0 Å². The Balaban J connectivity index is 1.66. The predicted molar refractivity (Wildman–Crippen MR) is 101 cm³/mol. The first-order chi connectivity index (χ1) is 12.4. The maximum atomic E-state index is 12.4. The number of ether oxygens (including phenoxy) is 1. The third kappa shape index (κ3) is 3.16. The molecule has 0 aliphatic rings. The summed E-state index contributed by atoms with van der Waals surface area (Å²) in [6.07, 6.45) is 3.33. The normalized spacial score (nSPS) is 11.2. The molecule has 0 amide bonds. The van der Waals surface area contributed by atoms with Crippen LogP contribution in [0.4, 0.5) is 0 Å². The SMILES string of the molecule is Cc1cccc(C)c1OCCCCn1cnc2c1c(=O)n(C)c(=O)n2C. The Morgan fingerprint density at radius 1 is 1.04 bits per heavy atom. The first kappa shape index (κ1) is 18.0. The smallest absolute Gasteiger partial charge is 0.332 e. The topological polar surface area (TPSA) is 71.1 Å². The van der Waals surface area contributed by atoms with Gasteiger partial charge in [-0.1, -0.05) is 18.2 Å². The average molecular weight is 356 g/mol. The van der Waals surface area contributed by atoms with Gasteiger partial charge >= 0.3 is 5.69 Å². The minimum absolute atomic E-state index is 0.313. The quantitative estimate of drug-likeness (QED) is 0.633. The summed E-state index contributed by atoms with van der Waals surface area (Å²) < 4.78 is 10.2. The van der Waals surface area contributed by atoms with E-state index in [1.54, 1.807) is 13.4 Å². The first-order valence-corrected chi connectivity index (χ1v) is 8.71. The molecular weight excluding hydrogens is 332 g/mol. The van der Waals surface area contributed by atoms with Crippen LogP contribution in [0.5, 0.6) is 5.75 Å². The van der Waals surface area contributed by atoms with E-state index in [-0.39, 0.29) is 11.2 Å². The second-order valence-corrected chi connectivity index (χ2v) is 6.59. The Hall–Kier alpha value is -2.83. The highest BCUT2D eigenvalue weighted by atomic mass is 16.5. The van der Waals surface area contributed by atoms with Gasteiger partial charge in [0.05, 0.1) is 12.9 Å². The fourth-order valence-electron chi connectivity index (χ4n) is 3.15. The molecule has 0 saturated carbocycles. The highest BCUT2D eigenvalue weighted by Crippen LogP contribution is 2.22. The molecule has 0 aliphatic carbocycles. The van der Waals surface area contributed by atoms with Gasteiger partial charge in [0.15, 0.2) is 11.2 Å². The molecular formula is C19H24N4O3. The van der Waals surface area contributed by atoms with E-state index in [9.17, 15) is 9.59 Å². The molecule has 0 atom stereocenters. The molecule has 26 heavy (non-hydrogen) atoms. The number of unbranched alkanes of at least 4 members (excludes halogenated alkanes) is 1. The molecule has 0 radical (unpaired) electrons. The Morgan fingerprint density at radius 2 is 1.73 bits per heavy atom. The fraction of sp³-hybridized carbons (Fsp3) is 0.421. The number of hydrogen-bond donors (Lipinski definition) is 0. The number of aryl methyl sites for hydroxylation is 4. The highest BCUT2D eigenvalue weighted by Gasteiger charge is 2.13. The zero-order chi connectivity index (χ0) is 18.8. The summed E-state index contributed by atoms with van der Waals surface area (Å²) >= 11 is 0. The molecule has 0 aliphatic heterocycles. The Kier molecular flexibility index (Phi) is 4.97. The molecule has 3 rings (SSSR count). The molecule has 2 heterocycles. The predicted octanol–water partition coefficient (Wildman–Crippen LogP) is 1.91. The summed E-state index contributed by atoms with van der Waals surface area (Å²) in [5.41, 5.74) is 2.47. The van der Waals surface area contributed by atoms with Crippen molar-refractivity contribution in [1.82, 2.24) is 18.7 Å². The minimum Gasteiger partial charge on any atom is -0.493 e. The Bertz CT molecular complexity index is 1040. The lowest BCUT2D eigenvalue weighted by atomic mass is 10.1. The van der Waals surface area contributed by atoms with E-state index in [0.29, 0.717) is 24.3 Å². The van der Waals surface area contributed by atoms with Gasteiger partial charge in [-0.25, -0.2) is 9.78 Å². The molecule has 3 aromatic rings. The maximum absolute atomic E-state index is 12.4. The second kappa shape index (κ2) is 7.19. The Labute approximate surface area is 151 Å². The van der Waals surface area contributed by atoms with E-state index in [0.717, 1.165) is 34.3 Å². The van der Waals surface area contributed by atoms with Gasteiger partial charge in [-0.15, -0.1) is 0 Å². The van der Waals surface area contributed by atoms with Crippen molar-refractivity contribution in [3.63, 3.8) is 0 Å². The summed E-state index contributed by atoms with van der Waals surface area (Å²) in [5, 5.41) is 0. The van der Waals surface area contributed by atoms with Crippen LogP contribution in [0.1, 0.15) is 24.0 Å². The van der Waals surface area contributed by atoms with E-state index >= 15 is 0 Å². The summed E-state index contributed by atoms with van der Waals surface area (Å²) in [5.74, 6) is 0.949. The zero-order valence-electron chi connectivity index (χ0n) is 15.7. The number of aromatic nitrogens is 4. The van der Waals surface area contributed by atoms with Gasteiger partial charge in [-0.05, 0) is 37.8 Å². The molecule has 0 spiro atoms. The summed E-state index contributed by atoms with van der Waals surface area (Å²) in [6, 6.07) is 6.11. The van der Waals surface area contributed by atoms with Gasteiger partial charge in [-0.3, -0.25) is 13.9 Å². The lowest BCUT2D eigenvalue weighted by molar-refractivity contribution is 0.299. The lowest BCUT2D eigenvalue weighted by Gasteiger charge is -2.12. The van der Waals surface area contributed by atoms with Crippen molar-refractivity contribution in [2.75, 3.05) is 6.61 Å². The molecule has 0 fully saturated rings. The van der Waals surface area contributed by atoms with E-state index in [1.165, 1.54) is 11.6 Å². The number of imidazole rings is 1. The highest BCUT2D eigenvalue weighted by molar-refractivity contribution is 5.69. The van der Waals surface area contributed by atoms with Crippen LogP contribution in [0, 0.1) is 13.8 Å². The monoisotopic (exact) mass is 356 g/mol. The van der Waals surface area contributed by atoms with E-state index < -0.39 is 0 Å². The number of benzene rings is 1. The van der Waals surface area contributed by atoms with E-state index in [4.69, 9.17) is 4.74 Å². The number of para-hydroxylation sites is 1. The lowest BCUT2D eigenvalue weighted by Crippen LogP contribution is -2.37. The van der Waals surface area contributed by atoms with Gasteiger partial charge in [0.1, 0.15) is 5.75 Å². The van der Waals surface area contributed by atoms with Crippen molar-refractivity contribution in [1.29, 1.82) is 0 Å². The average Bonchev–Trinajstić information content (AvgIpc) is 3.04. The second-order valence-electron chi connectivity index (χ2n) is 6.59. The minimum atomic E-state index is -0.366. The maximum Gasteiger partial charge on any atom is 0.332 e. The summed E-state index contributed by atoms with van der Waals surface area (Å²) in [7, 11) is 3.11. The van der Waals surface area contributed by atoms with E-state index in [1.807, 2.05) is 36.6 Å². The largest absolute Gasteiger partial charge is 0.493 e. The summed E-state index contributed by atoms with van der Waals surface area (Å²) in [4.78, 5) is 28.6. The van der Waals surface area contributed by atoms with Crippen LogP contribution in [0.2, 0.25) is 0 Å². The first-order valence-electron chi connectivity index (χ1n) is 8.71. The van der Waals surface area contributed by atoms with Crippen molar-refractivity contribution in [2.24, 2.45) is 14.1 Å². The fourth-order valence-corrected chi connectivity index (χ4v) is 3.15. The third-order valence-electron chi connectivity index (χ3n) is 4.67. The number of fused-ring (bicyclic) bond motifs is 1. The number of rotatable bonds is 6. The van der Waals surface area contributed by atoms with Crippen LogP contribution in [-0.4, -0.2) is 25.3 Å². The van der Waals surface area contributed by atoms with E-state index in [2.05, 4.69) is 4.98 Å². The van der Waals surface area contributed by atoms with Crippen molar-refractivity contribution < 1.29 is 4.74 Å². The molecule has 0 N–H and O–H groups in total. The van der Waals surface area contributed by atoms with Crippen LogP contribution < -0.4 is 16.0 Å². The van der Waals surface area contributed by atoms with Gasteiger partial charge in [0, 0.05) is 20.6 Å². The van der Waals surface area contributed by atoms with Crippen LogP contribution in [-0.2, 0) is 20.6 Å². The third-order valence-corrected chi connectivity index (χ3v) is 4.67. The standard InChI is InChI=1S/C19H24N4O3/c1-13-8-7-9-14(2)16(13)26-11-6-5-10-23-12-20-17-15(23)18(24)22(4)19(25)21(17)3/h7-9,12H,5-6,10-11H2,1-4H3. The molecule has 7 heteroatoms. The number of hydrogen-bond acceptors (Lipinski definition) is 4. The van der Waals surface area contributed by atoms with Gasteiger partial charge in [0.25, 0.3) is 5.56 Å². The van der Waals surface area contributed by atoms with Crippen LogP contribution in [0.15, 0.2) is 34.1 Å². The molecule has 0 saturated heterocycles. The zero-order valence-corrected chi connectivity index (χ0v) is 15.7. The van der Waals surface area contributed by atoms with Crippen molar-refractivity contribution in [2.45, 2.75) is 33.2 Å². The molecule has 0 bridgehead atoms. The summed E-state index contributed by atoms with van der Waals surface area (Å²) in [6.45, 7) is 5.36. The Morgan fingerprint density at radius 3 is 2.42 bits per heavy atom. The van der Waals surface area contributed by atoms with Gasteiger partial charge in [0.2, 0.25) is 0 Å². The van der Waals surface area contributed by atoms with Crippen molar-refractivity contribution in [3.05, 3.63) is 56.5 Å². The molecule has 2 aromatic heterocycles. The van der Waals surface area contributed by atoms with Crippen molar-refractivity contribution in [3.8, 4) is 5.75 Å². The number of nitrogens with zero attached hydrogens (tertiary/aromatic N) is 4. The molecule has 7 nitrogen and oxygen atoms in total. The molecule has 1 aromatic carbocycles. The van der Waals surface area contributed by atoms with Crippen molar-refractivity contribution >= 4 is 11.2 Å². The van der Waals surface area contributed by atoms with Gasteiger partial charge < -0.3 is 9.30 Å². The van der Waals surface area contributed by atoms with Gasteiger partial charge in [-0.2, -0.15) is 0 Å².